The fourth-order valence-corrected chi connectivity index (χ4v) is 4.17. The molecule has 0 saturated carbocycles. The SMILES string of the molecule is CCOc1ccc(CNCc2ccc(S(=O)(=O)N(CC)CC)cc2)cc1. The van der Waals surface area contributed by atoms with Gasteiger partial charge >= 0.3 is 0 Å². The van der Waals surface area contributed by atoms with Gasteiger partial charge in [0.25, 0.3) is 0 Å². The van der Waals surface area contributed by atoms with Gasteiger partial charge < -0.3 is 10.1 Å². The maximum absolute atomic E-state index is 12.5. The molecular weight excluding hydrogens is 348 g/mol. The van der Waals surface area contributed by atoms with Crippen molar-refractivity contribution in [1.29, 1.82) is 0 Å². The van der Waals surface area contributed by atoms with E-state index in [1.54, 1.807) is 12.1 Å². The average molecular weight is 377 g/mol. The van der Waals surface area contributed by atoms with Crippen molar-refractivity contribution < 1.29 is 13.2 Å². The van der Waals surface area contributed by atoms with Crippen molar-refractivity contribution in [1.82, 2.24) is 9.62 Å². The number of hydrogen-bond acceptors (Lipinski definition) is 4. The summed E-state index contributed by atoms with van der Waals surface area (Å²) in [5.41, 5.74) is 2.23. The molecule has 26 heavy (non-hydrogen) atoms. The molecule has 0 radical (unpaired) electrons. The molecule has 0 aliphatic rings. The molecule has 0 amide bonds. The summed E-state index contributed by atoms with van der Waals surface area (Å²) >= 11 is 0. The first-order chi connectivity index (χ1) is 12.5. The van der Waals surface area contributed by atoms with Gasteiger partial charge in [-0.2, -0.15) is 4.31 Å². The summed E-state index contributed by atoms with van der Waals surface area (Å²) in [6.45, 7) is 8.70. The first-order valence-corrected chi connectivity index (χ1v) is 10.5. The van der Waals surface area contributed by atoms with Crippen LogP contribution in [0.25, 0.3) is 0 Å². The Hall–Kier alpha value is -1.89. The van der Waals surface area contributed by atoms with Gasteiger partial charge in [-0.1, -0.05) is 38.1 Å². The molecule has 142 valence electrons. The molecule has 0 unspecified atom stereocenters. The largest absolute Gasteiger partial charge is 0.494 e. The van der Waals surface area contributed by atoms with Gasteiger partial charge in [-0.05, 0) is 42.3 Å². The van der Waals surface area contributed by atoms with E-state index in [2.05, 4.69) is 5.32 Å². The molecule has 5 nitrogen and oxygen atoms in total. The molecule has 0 spiro atoms. The first-order valence-electron chi connectivity index (χ1n) is 9.02. The molecule has 2 aromatic rings. The van der Waals surface area contributed by atoms with Gasteiger partial charge in [0.1, 0.15) is 5.75 Å². The molecule has 0 aliphatic heterocycles. The third-order valence-electron chi connectivity index (χ3n) is 4.16. The van der Waals surface area contributed by atoms with Crippen LogP contribution in [0.2, 0.25) is 0 Å². The van der Waals surface area contributed by atoms with E-state index in [1.807, 2.05) is 57.2 Å². The summed E-state index contributed by atoms with van der Waals surface area (Å²) in [6.07, 6.45) is 0. The van der Waals surface area contributed by atoms with Gasteiger partial charge in [0.15, 0.2) is 0 Å². The highest BCUT2D eigenvalue weighted by molar-refractivity contribution is 7.89. The van der Waals surface area contributed by atoms with E-state index >= 15 is 0 Å². The molecular formula is C20H28N2O3S. The van der Waals surface area contributed by atoms with Crippen molar-refractivity contribution in [3.05, 3.63) is 59.7 Å². The number of benzene rings is 2. The zero-order valence-electron chi connectivity index (χ0n) is 15.7. The van der Waals surface area contributed by atoms with Crippen LogP contribution >= 0.6 is 0 Å². The van der Waals surface area contributed by atoms with E-state index in [9.17, 15) is 8.42 Å². The lowest BCUT2D eigenvalue weighted by atomic mass is 10.2. The minimum Gasteiger partial charge on any atom is -0.494 e. The Morgan fingerprint density at radius 2 is 1.35 bits per heavy atom. The number of nitrogens with one attached hydrogen (secondary N) is 1. The minimum absolute atomic E-state index is 0.344. The van der Waals surface area contributed by atoms with Crippen molar-refractivity contribution >= 4 is 10.0 Å². The summed E-state index contributed by atoms with van der Waals surface area (Å²) in [5.74, 6) is 0.876. The molecule has 2 aromatic carbocycles. The fourth-order valence-electron chi connectivity index (χ4n) is 2.71. The van der Waals surface area contributed by atoms with Crippen LogP contribution in [0.15, 0.2) is 53.4 Å². The molecule has 0 bridgehead atoms. The zero-order chi connectivity index (χ0) is 19.0. The highest BCUT2D eigenvalue weighted by Gasteiger charge is 2.20. The van der Waals surface area contributed by atoms with Crippen LogP contribution in [0.1, 0.15) is 31.9 Å². The molecule has 1 N–H and O–H groups in total. The van der Waals surface area contributed by atoms with Gasteiger partial charge in [-0.25, -0.2) is 8.42 Å². The van der Waals surface area contributed by atoms with Crippen LogP contribution in [-0.2, 0) is 23.1 Å². The Kier molecular flexibility index (Phi) is 7.63. The normalized spacial score (nSPS) is 11.7. The number of hydrogen-bond donors (Lipinski definition) is 1. The molecule has 0 aliphatic carbocycles. The van der Waals surface area contributed by atoms with E-state index in [0.29, 0.717) is 31.1 Å². The van der Waals surface area contributed by atoms with Crippen molar-refractivity contribution in [2.75, 3.05) is 19.7 Å². The lowest BCUT2D eigenvalue weighted by Crippen LogP contribution is -2.30. The standard InChI is InChI=1S/C20H28N2O3S/c1-4-22(5-2)26(23,24)20-13-9-18(10-14-20)16-21-15-17-7-11-19(12-8-17)25-6-3/h7-14,21H,4-6,15-16H2,1-3H3. The quantitative estimate of drug-likeness (QED) is 0.690. The van der Waals surface area contributed by atoms with Crippen molar-refractivity contribution in [3.8, 4) is 5.75 Å². The van der Waals surface area contributed by atoms with E-state index in [4.69, 9.17) is 4.74 Å². The molecule has 0 atom stereocenters. The summed E-state index contributed by atoms with van der Waals surface area (Å²) < 4.78 is 31.9. The fraction of sp³-hybridized carbons (Fsp3) is 0.400. The van der Waals surface area contributed by atoms with Gasteiger partial charge in [0.05, 0.1) is 11.5 Å². The number of rotatable bonds is 10. The summed E-state index contributed by atoms with van der Waals surface area (Å²) in [4.78, 5) is 0.344. The van der Waals surface area contributed by atoms with E-state index < -0.39 is 10.0 Å². The van der Waals surface area contributed by atoms with E-state index in [1.165, 1.54) is 9.87 Å². The second-order valence-electron chi connectivity index (χ2n) is 5.91. The van der Waals surface area contributed by atoms with Gasteiger partial charge in [0, 0.05) is 26.2 Å². The molecule has 0 heterocycles. The van der Waals surface area contributed by atoms with E-state index in [0.717, 1.165) is 17.9 Å². The Bertz CT molecular complexity index is 768. The lowest BCUT2D eigenvalue weighted by Gasteiger charge is -2.18. The highest BCUT2D eigenvalue weighted by Crippen LogP contribution is 2.16. The van der Waals surface area contributed by atoms with Crippen LogP contribution < -0.4 is 10.1 Å². The van der Waals surface area contributed by atoms with Gasteiger partial charge in [-0.3, -0.25) is 0 Å². The minimum atomic E-state index is -3.39. The lowest BCUT2D eigenvalue weighted by molar-refractivity contribution is 0.340. The number of ether oxygens (including phenoxy) is 1. The summed E-state index contributed by atoms with van der Waals surface area (Å²) in [5, 5.41) is 3.37. The predicted molar refractivity (Wildman–Crippen MR) is 105 cm³/mol. The van der Waals surface area contributed by atoms with Crippen LogP contribution in [-0.4, -0.2) is 32.4 Å². The van der Waals surface area contributed by atoms with Crippen LogP contribution in [0, 0.1) is 0 Å². The van der Waals surface area contributed by atoms with Gasteiger partial charge in [-0.15, -0.1) is 0 Å². The van der Waals surface area contributed by atoms with Crippen molar-refractivity contribution in [2.24, 2.45) is 0 Å². The molecule has 0 fully saturated rings. The first kappa shape index (κ1) is 20.4. The number of nitrogens with zero attached hydrogens (tertiary/aromatic N) is 1. The smallest absolute Gasteiger partial charge is 0.243 e. The molecule has 0 aromatic heterocycles. The van der Waals surface area contributed by atoms with Crippen molar-refractivity contribution in [3.63, 3.8) is 0 Å². The van der Waals surface area contributed by atoms with Crippen LogP contribution in [0.5, 0.6) is 5.75 Å². The maximum atomic E-state index is 12.5. The summed E-state index contributed by atoms with van der Waals surface area (Å²) in [6, 6.07) is 15.1. The third kappa shape index (κ3) is 5.30. The topological polar surface area (TPSA) is 58.6 Å². The van der Waals surface area contributed by atoms with Crippen LogP contribution in [0.3, 0.4) is 0 Å². The monoisotopic (exact) mass is 376 g/mol. The Morgan fingerprint density at radius 3 is 1.81 bits per heavy atom. The maximum Gasteiger partial charge on any atom is 0.243 e. The molecule has 6 heteroatoms. The second kappa shape index (κ2) is 9.71. The summed E-state index contributed by atoms with van der Waals surface area (Å²) in [7, 11) is -3.39. The predicted octanol–water partition coefficient (Wildman–Crippen LogP) is 3.41. The average Bonchev–Trinajstić information content (AvgIpc) is 2.65. The third-order valence-corrected chi connectivity index (χ3v) is 6.22. The van der Waals surface area contributed by atoms with Crippen molar-refractivity contribution in [2.45, 2.75) is 38.8 Å². The Morgan fingerprint density at radius 1 is 0.846 bits per heavy atom. The zero-order valence-corrected chi connectivity index (χ0v) is 16.6. The molecule has 2 rings (SSSR count). The van der Waals surface area contributed by atoms with Gasteiger partial charge in [0.2, 0.25) is 10.0 Å². The highest BCUT2D eigenvalue weighted by atomic mass is 32.2. The van der Waals surface area contributed by atoms with E-state index in [-0.39, 0.29) is 0 Å². The molecule has 0 saturated heterocycles. The number of sulfonamides is 1. The van der Waals surface area contributed by atoms with Crippen LogP contribution in [0.4, 0.5) is 0 Å². The Labute approximate surface area is 157 Å². The Balaban J connectivity index is 1.91. The second-order valence-corrected chi connectivity index (χ2v) is 7.85.